The first-order chi connectivity index (χ1) is 13.7. The number of hydrogen-bond donors (Lipinski definition) is 2. The number of nitrogens with one attached hydrogen (secondary N) is 2. The summed E-state index contributed by atoms with van der Waals surface area (Å²) >= 11 is 0. The number of carbonyl (C=O) groups excluding carboxylic acids is 2. The smallest absolute Gasteiger partial charge is 0.269 e. The van der Waals surface area contributed by atoms with Crippen molar-refractivity contribution in [2.24, 2.45) is 0 Å². The molecule has 1 heterocycles. The molecule has 0 radical (unpaired) electrons. The van der Waals surface area contributed by atoms with Gasteiger partial charge in [0.25, 0.3) is 11.8 Å². The van der Waals surface area contributed by atoms with Gasteiger partial charge >= 0.3 is 0 Å². The highest BCUT2D eigenvalue weighted by atomic mass is 16.2. The van der Waals surface area contributed by atoms with Crippen molar-refractivity contribution in [2.45, 2.75) is 45.6 Å². The van der Waals surface area contributed by atoms with Gasteiger partial charge in [0.05, 0.1) is 11.0 Å². The van der Waals surface area contributed by atoms with E-state index >= 15 is 0 Å². The minimum Gasteiger partial charge on any atom is -0.318 e. The SMILES string of the molecule is CCc1nc2ccccc2n1CC(=O)NNC(=O)c1ccc2c(c1)CCCC2. The van der Waals surface area contributed by atoms with Gasteiger partial charge in [-0.1, -0.05) is 25.1 Å². The Labute approximate surface area is 163 Å². The van der Waals surface area contributed by atoms with Gasteiger partial charge in [0.1, 0.15) is 12.4 Å². The number of aryl methyl sites for hydroxylation is 3. The molecule has 0 saturated heterocycles. The van der Waals surface area contributed by atoms with Crippen LogP contribution in [0.4, 0.5) is 0 Å². The predicted octanol–water partition coefficient (Wildman–Crippen LogP) is 2.94. The van der Waals surface area contributed by atoms with E-state index in [9.17, 15) is 9.59 Å². The third-order valence-electron chi connectivity index (χ3n) is 5.28. The maximum Gasteiger partial charge on any atom is 0.269 e. The molecule has 0 aliphatic heterocycles. The van der Waals surface area contributed by atoms with Crippen LogP contribution >= 0.6 is 0 Å². The summed E-state index contributed by atoms with van der Waals surface area (Å²) in [7, 11) is 0. The molecule has 6 nitrogen and oxygen atoms in total. The van der Waals surface area contributed by atoms with Crippen LogP contribution in [0.1, 0.15) is 47.1 Å². The van der Waals surface area contributed by atoms with Crippen molar-refractivity contribution in [1.29, 1.82) is 0 Å². The molecular formula is C22H24N4O2. The van der Waals surface area contributed by atoms with Crippen molar-refractivity contribution in [3.63, 3.8) is 0 Å². The maximum atomic E-state index is 12.4. The molecule has 2 aromatic carbocycles. The highest BCUT2D eigenvalue weighted by Gasteiger charge is 2.15. The number of rotatable bonds is 4. The third-order valence-corrected chi connectivity index (χ3v) is 5.28. The first-order valence-electron chi connectivity index (χ1n) is 9.81. The van der Waals surface area contributed by atoms with E-state index in [4.69, 9.17) is 0 Å². The number of carbonyl (C=O) groups is 2. The molecule has 0 fully saturated rings. The van der Waals surface area contributed by atoms with Crippen LogP contribution in [0.5, 0.6) is 0 Å². The number of hydrogen-bond acceptors (Lipinski definition) is 3. The summed E-state index contributed by atoms with van der Waals surface area (Å²) in [6.45, 7) is 2.11. The molecule has 3 aromatic rings. The average molecular weight is 376 g/mol. The second-order valence-corrected chi connectivity index (χ2v) is 7.15. The van der Waals surface area contributed by atoms with E-state index in [0.29, 0.717) is 5.56 Å². The van der Waals surface area contributed by atoms with Crippen LogP contribution in [0.3, 0.4) is 0 Å². The largest absolute Gasteiger partial charge is 0.318 e. The van der Waals surface area contributed by atoms with Gasteiger partial charge in [0.2, 0.25) is 0 Å². The first kappa shape index (κ1) is 18.2. The molecule has 0 unspecified atom stereocenters. The molecule has 144 valence electrons. The molecule has 1 aromatic heterocycles. The molecule has 6 heteroatoms. The third kappa shape index (κ3) is 3.63. The fourth-order valence-electron chi connectivity index (χ4n) is 3.83. The lowest BCUT2D eigenvalue weighted by Gasteiger charge is -2.16. The van der Waals surface area contributed by atoms with Crippen LogP contribution in [-0.2, 0) is 30.6 Å². The van der Waals surface area contributed by atoms with E-state index in [1.165, 1.54) is 17.5 Å². The van der Waals surface area contributed by atoms with Crippen LogP contribution in [0.25, 0.3) is 11.0 Å². The van der Waals surface area contributed by atoms with Gasteiger partial charge in [-0.3, -0.25) is 20.4 Å². The number of para-hydroxylation sites is 2. The van der Waals surface area contributed by atoms with E-state index in [2.05, 4.69) is 15.8 Å². The summed E-state index contributed by atoms with van der Waals surface area (Å²) < 4.78 is 1.88. The summed E-state index contributed by atoms with van der Waals surface area (Å²) in [5.74, 6) is 0.259. The molecule has 0 spiro atoms. The minimum absolute atomic E-state index is 0.105. The molecule has 4 rings (SSSR count). The Morgan fingerprint density at radius 1 is 1.04 bits per heavy atom. The van der Waals surface area contributed by atoms with E-state index in [0.717, 1.165) is 42.5 Å². The molecule has 1 aliphatic carbocycles. The zero-order chi connectivity index (χ0) is 19.5. The quantitative estimate of drug-likeness (QED) is 0.688. The van der Waals surface area contributed by atoms with E-state index < -0.39 is 0 Å². The van der Waals surface area contributed by atoms with Crippen LogP contribution in [0, 0.1) is 0 Å². The molecule has 28 heavy (non-hydrogen) atoms. The monoisotopic (exact) mass is 376 g/mol. The van der Waals surface area contributed by atoms with Gasteiger partial charge in [-0.2, -0.15) is 0 Å². The van der Waals surface area contributed by atoms with E-state index in [1.54, 1.807) is 0 Å². The van der Waals surface area contributed by atoms with Gasteiger partial charge in [0.15, 0.2) is 0 Å². The van der Waals surface area contributed by atoms with E-state index in [-0.39, 0.29) is 18.4 Å². The lowest BCUT2D eigenvalue weighted by Crippen LogP contribution is -2.43. The summed E-state index contributed by atoms with van der Waals surface area (Å²) in [5.41, 5.74) is 9.97. The van der Waals surface area contributed by atoms with E-state index in [1.807, 2.05) is 54.0 Å². The average Bonchev–Trinajstić information content (AvgIpc) is 3.09. The molecule has 0 bridgehead atoms. The zero-order valence-corrected chi connectivity index (χ0v) is 16.0. The highest BCUT2D eigenvalue weighted by molar-refractivity contribution is 5.95. The predicted molar refractivity (Wildman–Crippen MR) is 108 cm³/mol. The van der Waals surface area contributed by atoms with Crippen molar-refractivity contribution in [2.75, 3.05) is 0 Å². The number of aromatic nitrogens is 2. The molecule has 1 aliphatic rings. The van der Waals surface area contributed by atoms with Crippen LogP contribution < -0.4 is 10.9 Å². The lowest BCUT2D eigenvalue weighted by molar-refractivity contribution is -0.122. The molecule has 0 atom stereocenters. The van der Waals surface area contributed by atoms with Gasteiger partial charge in [0, 0.05) is 12.0 Å². The van der Waals surface area contributed by atoms with Crippen molar-refractivity contribution < 1.29 is 9.59 Å². The summed E-state index contributed by atoms with van der Waals surface area (Å²) in [5, 5.41) is 0. The molecule has 0 saturated carbocycles. The highest BCUT2D eigenvalue weighted by Crippen LogP contribution is 2.22. The Morgan fingerprint density at radius 3 is 2.64 bits per heavy atom. The van der Waals surface area contributed by atoms with Crippen molar-refractivity contribution in [3.8, 4) is 0 Å². The van der Waals surface area contributed by atoms with Crippen LogP contribution in [-0.4, -0.2) is 21.4 Å². The molecule has 2 N–H and O–H groups in total. The fraction of sp³-hybridized carbons (Fsp3) is 0.318. The Balaban J connectivity index is 1.42. The fourth-order valence-corrected chi connectivity index (χ4v) is 3.83. The number of hydrazine groups is 1. The number of fused-ring (bicyclic) bond motifs is 2. The standard InChI is InChI=1S/C22H24N4O2/c1-2-20-23-18-9-5-6-10-19(18)26(20)14-21(27)24-25-22(28)17-12-11-15-7-3-4-8-16(15)13-17/h5-6,9-13H,2-4,7-8,14H2,1H3,(H,24,27)(H,25,28). The lowest BCUT2D eigenvalue weighted by atomic mass is 9.90. The number of amides is 2. The zero-order valence-electron chi connectivity index (χ0n) is 16.0. The Kier molecular flexibility index (Phi) is 5.10. The van der Waals surface area contributed by atoms with Gasteiger partial charge in [-0.25, -0.2) is 4.98 Å². The van der Waals surface area contributed by atoms with Crippen LogP contribution in [0.15, 0.2) is 42.5 Å². The van der Waals surface area contributed by atoms with Crippen molar-refractivity contribution in [3.05, 3.63) is 65.0 Å². The maximum absolute atomic E-state index is 12.4. The van der Waals surface area contributed by atoms with Gasteiger partial charge in [-0.05, 0) is 61.1 Å². The normalized spacial score (nSPS) is 13.2. The summed E-state index contributed by atoms with van der Waals surface area (Å²) in [6.07, 6.45) is 5.18. The number of nitrogens with zero attached hydrogens (tertiary/aromatic N) is 2. The summed E-state index contributed by atoms with van der Waals surface area (Å²) in [4.78, 5) is 29.4. The number of benzene rings is 2. The summed E-state index contributed by atoms with van der Waals surface area (Å²) in [6, 6.07) is 13.5. The Morgan fingerprint density at radius 2 is 1.82 bits per heavy atom. The van der Waals surface area contributed by atoms with Gasteiger partial charge < -0.3 is 4.57 Å². The Hall–Kier alpha value is -3.15. The topological polar surface area (TPSA) is 76.0 Å². The van der Waals surface area contributed by atoms with Gasteiger partial charge in [-0.15, -0.1) is 0 Å². The minimum atomic E-state index is -0.298. The second-order valence-electron chi connectivity index (χ2n) is 7.15. The molecule has 2 amide bonds. The van der Waals surface area contributed by atoms with Crippen molar-refractivity contribution >= 4 is 22.8 Å². The second kappa shape index (κ2) is 7.84. The van der Waals surface area contributed by atoms with Crippen LogP contribution in [0.2, 0.25) is 0 Å². The number of imidazole rings is 1. The van der Waals surface area contributed by atoms with Crippen molar-refractivity contribution in [1.82, 2.24) is 20.4 Å². The first-order valence-corrected chi connectivity index (χ1v) is 9.81. The Bertz CT molecular complexity index is 1040. The molecular weight excluding hydrogens is 352 g/mol.